The zero-order valence-electron chi connectivity index (χ0n) is 18.1. The van der Waals surface area contributed by atoms with Crippen LogP contribution >= 0.6 is 0 Å². The molecule has 2 fully saturated rings. The third-order valence-electron chi connectivity index (χ3n) is 6.66. The van der Waals surface area contributed by atoms with Gasteiger partial charge in [-0.15, -0.1) is 0 Å². The lowest BCUT2D eigenvalue weighted by atomic mass is 9.85. The second kappa shape index (κ2) is 9.10. The molecule has 32 heavy (non-hydrogen) atoms. The molecule has 0 unspecified atom stereocenters. The first kappa shape index (κ1) is 22.0. The average molecular weight is 438 g/mol. The molecule has 6 nitrogen and oxygen atoms in total. The highest BCUT2D eigenvalue weighted by Crippen LogP contribution is 2.50. The molecule has 2 aliphatic heterocycles. The number of nitrogens with zero attached hydrogens (tertiary/aromatic N) is 1. The molecule has 3 amide bonds. The largest absolute Gasteiger partial charge is 0.359 e. The first-order chi connectivity index (χ1) is 15.5. The van der Waals surface area contributed by atoms with E-state index < -0.39 is 17.5 Å². The van der Waals surface area contributed by atoms with E-state index >= 15 is 0 Å². The Balaban J connectivity index is 1.81. The van der Waals surface area contributed by atoms with Crippen LogP contribution in [0, 0.1) is 11.7 Å². The van der Waals surface area contributed by atoms with Crippen LogP contribution in [0.2, 0.25) is 0 Å². The lowest BCUT2D eigenvalue weighted by molar-refractivity contribution is -0.147. The predicted octanol–water partition coefficient (Wildman–Crippen LogP) is 2.74. The van der Waals surface area contributed by atoms with Gasteiger partial charge in [0.2, 0.25) is 17.7 Å². The molecule has 2 aromatic carbocycles. The second-order valence-electron chi connectivity index (χ2n) is 8.59. The van der Waals surface area contributed by atoms with E-state index in [1.54, 1.807) is 24.1 Å². The summed E-state index contributed by atoms with van der Waals surface area (Å²) >= 11 is 0. The Morgan fingerprint density at radius 3 is 2.53 bits per heavy atom. The van der Waals surface area contributed by atoms with Crippen LogP contribution < -0.4 is 10.6 Å². The minimum atomic E-state index is -1.09. The highest BCUT2D eigenvalue weighted by molar-refractivity contribution is 5.95. The van der Waals surface area contributed by atoms with Crippen LogP contribution in [0.5, 0.6) is 0 Å². The monoisotopic (exact) mass is 437 g/mol. The van der Waals surface area contributed by atoms with Crippen LogP contribution in [0.25, 0.3) is 0 Å². The Morgan fingerprint density at radius 2 is 1.84 bits per heavy atom. The fourth-order valence-electron chi connectivity index (χ4n) is 5.18. The first-order valence-corrected chi connectivity index (χ1v) is 11.1. The first-order valence-electron chi connectivity index (χ1n) is 11.1. The topological polar surface area (TPSA) is 78.5 Å². The minimum absolute atomic E-state index is 0.0269. The molecule has 0 aromatic heterocycles. The van der Waals surface area contributed by atoms with Gasteiger partial charge in [0, 0.05) is 13.6 Å². The van der Waals surface area contributed by atoms with Gasteiger partial charge in [-0.05, 0) is 48.9 Å². The van der Waals surface area contributed by atoms with Crippen LogP contribution in [0.15, 0.2) is 54.6 Å². The van der Waals surface area contributed by atoms with Crippen LogP contribution in [-0.4, -0.2) is 41.8 Å². The van der Waals surface area contributed by atoms with Crippen LogP contribution in [0.3, 0.4) is 0 Å². The molecule has 0 aliphatic carbocycles. The zero-order valence-corrected chi connectivity index (χ0v) is 18.1. The number of rotatable bonds is 4. The molecule has 7 heteroatoms. The summed E-state index contributed by atoms with van der Waals surface area (Å²) in [5, 5.41) is 5.69. The lowest BCUT2D eigenvalue weighted by Gasteiger charge is -2.39. The van der Waals surface area contributed by atoms with Gasteiger partial charge >= 0.3 is 0 Å². The van der Waals surface area contributed by atoms with Gasteiger partial charge in [-0.2, -0.15) is 0 Å². The van der Waals surface area contributed by atoms with Crippen molar-refractivity contribution in [3.8, 4) is 0 Å². The standard InChI is InChI=1S/C25H28FN3O3/c1-27-23(31)20-16-25(13-5-6-14-28-24(25)32)29(22(20)18-7-3-2-4-8-18)21(30)15-17-9-11-19(26)12-10-17/h2-4,7-12,20,22H,5-6,13-16H2,1H3,(H,27,31)(H,28,32)/t20-,22-,25-/m0/s1. The molecule has 2 heterocycles. The Bertz CT molecular complexity index is 995. The van der Waals surface area contributed by atoms with Crippen molar-refractivity contribution in [2.75, 3.05) is 13.6 Å². The van der Waals surface area contributed by atoms with E-state index in [-0.39, 0.29) is 36.4 Å². The average Bonchev–Trinajstić information content (AvgIpc) is 3.06. The minimum Gasteiger partial charge on any atom is -0.359 e. The van der Waals surface area contributed by atoms with Gasteiger partial charge in [-0.25, -0.2) is 4.39 Å². The maximum Gasteiger partial charge on any atom is 0.246 e. The molecule has 0 saturated carbocycles. The molecular formula is C25H28FN3O3. The molecule has 2 aliphatic rings. The molecule has 0 bridgehead atoms. The molecule has 168 valence electrons. The maximum atomic E-state index is 13.8. The van der Waals surface area contributed by atoms with E-state index in [0.717, 1.165) is 18.4 Å². The third-order valence-corrected chi connectivity index (χ3v) is 6.66. The van der Waals surface area contributed by atoms with Gasteiger partial charge in [0.1, 0.15) is 11.4 Å². The number of nitrogens with one attached hydrogen (secondary N) is 2. The van der Waals surface area contributed by atoms with E-state index in [2.05, 4.69) is 10.6 Å². The number of carbonyl (C=O) groups is 3. The summed E-state index contributed by atoms with van der Waals surface area (Å²) in [7, 11) is 1.58. The van der Waals surface area contributed by atoms with E-state index in [1.165, 1.54) is 12.1 Å². The van der Waals surface area contributed by atoms with Crippen molar-refractivity contribution in [3.63, 3.8) is 0 Å². The summed E-state index contributed by atoms with van der Waals surface area (Å²) in [5.74, 6) is -1.55. The van der Waals surface area contributed by atoms with Crippen molar-refractivity contribution < 1.29 is 18.8 Å². The number of halogens is 1. The fraction of sp³-hybridized carbons (Fsp3) is 0.400. The molecule has 4 rings (SSSR count). The normalized spacial score (nSPS) is 25.3. The van der Waals surface area contributed by atoms with Crippen LogP contribution in [-0.2, 0) is 20.8 Å². The van der Waals surface area contributed by atoms with Gasteiger partial charge in [0.15, 0.2) is 0 Å². The van der Waals surface area contributed by atoms with E-state index in [9.17, 15) is 18.8 Å². The van der Waals surface area contributed by atoms with E-state index in [0.29, 0.717) is 18.5 Å². The summed E-state index contributed by atoms with van der Waals surface area (Å²) in [6, 6.07) is 14.7. The van der Waals surface area contributed by atoms with Crippen molar-refractivity contribution in [2.24, 2.45) is 5.92 Å². The second-order valence-corrected chi connectivity index (χ2v) is 8.59. The Hall–Kier alpha value is -3.22. The molecule has 3 atom stereocenters. The zero-order chi connectivity index (χ0) is 22.7. The van der Waals surface area contributed by atoms with Crippen molar-refractivity contribution in [3.05, 3.63) is 71.5 Å². The van der Waals surface area contributed by atoms with Crippen LogP contribution in [0.4, 0.5) is 4.39 Å². The Labute approximate surface area is 187 Å². The number of hydrogen-bond acceptors (Lipinski definition) is 3. The van der Waals surface area contributed by atoms with Crippen LogP contribution in [0.1, 0.15) is 42.9 Å². The summed E-state index contributed by atoms with van der Waals surface area (Å²) in [6.07, 6.45) is 2.41. The highest BCUT2D eigenvalue weighted by Gasteiger charge is 2.59. The third kappa shape index (κ3) is 3.99. The van der Waals surface area contributed by atoms with Gasteiger partial charge in [0.05, 0.1) is 18.4 Å². The predicted molar refractivity (Wildman–Crippen MR) is 118 cm³/mol. The molecule has 2 N–H and O–H groups in total. The quantitative estimate of drug-likeness (QED) is 0.772. The van der Waals surface area contributed by atoms with Gasteiger partial charge in [0.25, 0.3) is 0 Å². The summed E-state index contributed by atoms with van der Waals surface area (Å²) in [6.45, 7) is 0.557. The smallest absolute Gasteiger partial charge is 0.246 e. The molecule has 2 aromatic rings. The summed E-state index contributed by atoms with van der Waals surface area (Å²) in [4.78, 5) is 41.8. The van der Waals surface area contributed by atoms with Crippen molar-refractivity contribution in [1.29, 1.82) is 0 Å². The number of carbonyl (C=O) groups excluding carboxylic acids is 3. The number of hydrogen-bond donors (Lipinski definition) is 2. The molecular weight excluding hydrogens is 409 g/mol. The van der Waals surface area contributed by atoms with E-state index in [1.807, 2.05) is 30.3 Å². The lowest BCUT2D eigenvalue weighted by Crippen LogP contribution is -2.57. The van der Waals surface area contributed by atoms with Gasteiger partial charge < -0.3 is 15.5 Å². The number of benzene rings is 2. The van der Waals surface area contributed by atoms with Gasteiger partial charge in [-0.1, -0.05) is 42.5 Å². The molecule has 1 spiro atoms. The summed E-state index contributed by atoms with van der Waals surface area (Å²) < 4.78 is 13.4. The Morgan fingerprint density at radius 1 is 1.12 bits per heavy atom. The SMILES string of the molecule is CNC(=O)[C@H]1C[C@]2(CCCCNC2=O)N(C(=O)Cc2ccc(F)cc2)[C@H]1c1ccccc1. The fourth-order valence-corrected chi connectivity index (χ4v) is 5.18. The summed E-state index contributed by atoms with van der Waals surface area (Å²) in [5.41, 5.74) is 0.393. The van der Waals surface area contributed by atoms with E-state index in [4.69, 9.17) is 0 Å². The highest BCUT2D eigenvalue weighted by atomic mass is 19.1. The van der Waals surface area contributed by atoms with Crippen molar-refractivity contribution in [2.45, 2.75) is 43.7 Å². The Kier molecular flexibility index (Phi) is 6.26. The maximum absolute atomic E-state index is 13.8. The molecule has 0 radical (unpaired) electrons. The number of likely N-dealkylation sites (tertiary alicyclic amines) is 1. The molecule has 2 saturated heterocycles. The van der Waals surface area contributed by atoms with Crippen molar-refractivity contribution >= 4 is 17.7 Å². The van der Waals surface area contributed by atoms with Crippen molar-refractivity contribution in [1.82, 2.24) is 15.5 Å². The number of amides is 3. The van der Waals surface area contributed by atoms with Gasteiger partial charge in [-0.3, -0.25) is 14.4 Å².